The highest BCUT2D eigenvalue weighted by molar-refractivity contribution is 7.89. The summed E-state index contributed by atoms with van der Waals surface area (Å²) in [4.78, 5) is 0.897. The lowest BCUT2D eigenvalue weighted by Crippen LogP contribution is -2.32. The van der Waals surface area contributed by atoms with Crippen LogP contribution in [-0.2, 0) is 11.4 Å². The molecule has 1 aromatic rings. The number of hydrogen-bond donors (Lipinski definition) is 1. The smallest absolute Gasteiger partial charge is 0.173 e. The number of rotatable bonds is 5. The van der Waals surface area contributed by atoms with E-state index in [1.54, 1.807) is 0 Å². The Balaban J connectivity index is 1.95. The van der Waals surface area contributed by atoms with Crippen LogP contribution in [0.4, 0.5) is 0 Å². The van der Waals surface area contributed by atoms with Crippen LogP contribution in [0.5, 0.6) is 0 Å². The van der Waals surface area contributed by atoms with Gasteiger partial charge in [-0.3, -0.25) is 0 Å². The Labute approximate surface area is 113 Å². The standard InChI is InChI=1S/C15H23NOS/c1-3-12(2)13-8-10-15(11-9-13)18(17)16-14-6-4-5-7-14/h8-12,14,16H,3-7H2,1-2H3. The zero-order valence-electron chi connectivity index (χ0n) is 11.3. The minimum atomic E-state index is -1.05. The molecule has 1 aromatic carbocycles. The van der Waals surface area contributed by atoms with E-state index in [-0.39, 0.29) is 0 Å². The van der Waals surface area contributed by atoms with Crippen molar-refractivity contribution in [1.29, 1.82) is 0 Å². The highest BCUT2D eigenvalue weighted by atomic mass is 32.2. The summed E-state index contributed by atoms with van der Waals surface area (Å²) in [5, 5.41) is 0. The van der Waals surface area contributed by atoms with E-state index in [2.05, 4.69) is 30.7 Å². The van der Waals surface area contributed by atoms with Crippen LogP contribution in [0.3, 0.4) is 0 Å². The quantitative estimate of drug-likeness (QED) is 0.823. The lowest BCUT2D eigenvalue weighted by molar-refractivity contribution is 0.551. The van der Waals surface area contributed by atoms with Gasteiger partial charge in [0.1, 0.15) is 0 Å². The molecule has 0 aliphatic heterocycles. The molecule has 2 nitrogen and oxygen atoms in total. The van der Waals surface area contributed by atoms with Gasteiger partial charge in [0.05, 0.1) is 17.4 Å². The van der Waals surface area contributed by atoms with Crippen molar-refractivity contribution in [2.75, 3.05) is 0 Å². The van der Waals surface area contributed by atoms with Crippen LogP contribution >= 0.6 is 0 Å². The van der Waals surface area contributed by atoms with Crippen molar-refractivity contribution in [1.82, 2.24) is 4.72 Å². The molecule has 0 aromatic heterocycles. The summed E-state index contributed by atoms with van der Waals surface area (Å²) < 4.78 is 15.4. The maximum Gasteiger partial charge on any atom is 0.173 e. The van der Waals surface area contributed by atoms with E-state index in [9.17, 15) is 4.55 Å². The van der Waals surface area contributed by atoms with Crippen LogP contribution in [0.2, 0.25) is 0 Å². The molecule has 3 heteroatoms. The summed E-state index contributed by atoms with van der Waals surface area (Å²) in [6.07, 6.45) is 6.00. The SMILES string of the molecule is CCC(C)c1ccc([S+]([O-])NC2CCCC2)cc1. The first-order chi connectivity index (χ1) is 8.70. The first kappa shape index (κ1) is 13.9. The summed E-state index contributed by atoms with van der Waals surface area (Å²) >= 11 is -1.05. The molecule has 2 unspecified atom stereocenters. The van der Waals surface area contributed by atoms with Gasteiger partial charge in [-0.15, -0.1) is 4.72 Å². The summed E-state index contributed by atoms with van der Waals surface area (Å²) in [6, 6.07) is 8.66. The van der Waals surface area contributed by atoms with Crippen molar-refractivity contribution in [3.63, 3.8) is 0 Å². The molecule has 2 rings (SSSR count). The lowest BCUT2D eigenvalue weighted by atomic mass is 9.99. The van der Waals surface area contributed by atoms with Crippen LogP contribution < -0.4 is 4.72 Å². The van der Waals surface area contributed by atoms with Crippen LogP contribution in [0.1, 0.15) is 57.4 Å². The van der Waals surface area contributed by atoms with E-state index >= 15 is 0 Å². The van der Waals surface area contributed by atoms with Crippen molar-refractivity contribution < 1.29 is 4.55 Å². The van der Waals surface area contributed by atoms with E-state index < -0.39 is 11.4 Å². The van der Waals surface area contributed by atoms with Crippen LogP contribution in [-0.4, -0.2) is 10.6 Å². The average molecular weight is 265 g/mol. The Kier molecular flexibility index (Phi) is 5.10. The number of nitrogens with one attached hydrogen (secondary N) is 1. The zero-order chi connectivity index (χ0) is 13.0. The van der Waals surface area contributed by atoms with Gasteiger partial charge in [-0.1, -0.05) is 38.8 Å². The Bertz CT molecular complexity index is 359. The topological polar surface area (TPSA) is 35.1 Å². The fraction of sp³-hybridized carbons (Fsp3) is 0.600. The predicted octanol–water partition coefficient (Wildman–Crippen LogP) is 3.75. The third-order valence-corrected chi connectivity index (χ3v) is 5.15. The normalized spacial score (nSPS) is 19.9. The van der Waals surface area contributed by atoms with Crippen molar-refractivity contribution in [2.45, 2.75) is 62.8 Å². The van der Waals surface area contributed by atoms with E-state index in [0.29, 0.717) is 12.0 Å². The highest BCUT2D eigenvalue weighted by Crippen LogP contribution is 2.22. The summed E-state index contributed by atoms with van der Waals surface area (Å²) in [5.41, 5.74) is 1.33. The van der Waals surface area contributed by atoms with Crippen LogP contribution in [0, 0.1) is 0 Å². The Hall–Kier alpha value is -0.510. The monoisotopic (exact) mass is 265 g/mol. The van der Waals surface area contributed by atoms with Gasteiger partial charge in [-0.25, -0.2) is 0 Å². The molecule has 18 heavy (non-hydrogen) atoms. The maximum absolute atomic E-state index is 12.2. The minimum Gasteiger partial charge on any atom is -0.593 e. The third kappa shape index (κ3) is 3.50. The molecule has 0 heterocycles. The van der Waals surface area contributed by atoms with Gasteiger partial charge in [0, 0.05) is 0 Å². The van der Waals surface area contributed by atoms with Gasteiger partial charge < -0.3 is 4.55 Å². The molecule has 0 amide bonds. The molecule has 0 spiro atoms. The molecule has 1 aliphatic carbocycles. The van der Waals surface area contributed by atoms with E-state index in [0.717, 1.165) is 24.2 Å². The maximum atomic E-state index is 12.2. The fourth-order valence-electron chi connectivity index (χ4n) is 2.42. The molecule has 100 valence electrons. The zero-order valence-corrected chi connectivity index (χ0v) is 12.1. The minimum absolute atomic E-state index is 0.445. The fourth-order valence-corrected chi connectivity index (χ4v) is 3.48. The molecule has 1 saturated carbocycles. The summed E-state index contributed by atoms with van der Waals surface area (Å²) in [6.45, 7) is 4.42. The molecule has 0 bridgehead atoms. The van der Waals surface area contributed by atoms with E-state index in [1.807, 2.05) is 12.1 Å². The third-order valence-electron chi connectivity index (χ3n) is 3.90. The van der Waals surface area contributed by atoms with E-state index in [4.69, 9.17) is 0 Å². The number of benzene rings is 1. The predicted molar refractivity (Wildman–Crippen MR) is 76.9 cm³/mol. The molecule has 1 aliphatic rings. The molecule has 1 fully saturated rings. The first-order valence-electron chi connectivity index (χ1n) is 6.98. The molecule has 2 atom stereocenters. The Morgan fingerprint density at radius 2 is 1.89 bits per heavy atom. The molecular formula is C15H23NOS. The lowest BCUT2D eigenvalue weighted by Gasteiger charge is -2.16. The van der Waals surface area contributed by atoms with E-state index in [1.165, 1.54) is 18.4 Å². The average Bonchev–Trinajstić information content (AvgIpc) is 2.91. The van der Waals surface area contributed by atoms with Gasteiger partial charge in [-0.2, -0.15) is 0 Å². The number of hydrogen-bond acceptors (Lipinski definition) is 2. The van der Waals surface area contributed by atoms with Crippen molar-refractivity contribution in [3.05, 3.63) is 29.8 Å². The van der Waals surface area contributed by atoms with Crippen molar-refractivity contribution in [2.24, 2.45) is 0 Å². The van der Waals surface area contributed by atoms with Gasteiger partial charge in [0.2, 0.25) is 0 Å². The first-order valence-corrected chi connectivity index (χ1v) is 8.13. The van der Waals surface area contributed by atoms with Crippen LogP contribution in [0.15, 0.2) is 29.2 Å². The van der Waals surface area contributed by atoms with Crippen molar-refractivity contribution >= 4 is 11.4 Å². The summed E-state index contributed by atoms with van der Waals surface area (Å²) in [7, 11) is 0. The molecule has 1 N–H and O–H groups in total. The second kappa shape index (κ2) is 6.60. The van der Waals surface area contributed by atoms with Gasteiger partial charge >= 0.3 is 0 Å². The molecular weight excluding hydrogens is 242 g/mol. The highest BCUT2D eigenvalue weighted by Gasteiger charge is 2.21. The molecule has 0 saturated heterocycles. The van der Waals surface area contributed by atoms with Crippen LogP contribution in [0.25, 0.3) is 0 Å². The Morgan fingerprint density at radius 1 is 1.28 bits per heavy atom. The molecule has 0 radical (unpaired) electrons. The largest absolute Gasteiger partial charge is 0.593 e. The Morgan fingerprint density at radius 3 is 2.44 bits per heavy atom. The summed E-state index contributed by atoms with van der Waals surface area (Å²) in [5.74, 6) is 0.579. The van der Waals surface area contributed by atoms with Gasteiger partial charge in [0.15, 0.2) is 4.90 Å². The van der Waals surface area contributed by atoms with Gasteiger partial charge in [-0.05, 0) is 42.9 Å². The second-order valence-corrected chi connectivity index (χ2v) is 6.49. The van der Waals surface area contributed by atoms with Gasteiger partial charge in [0.25, 0.3) is 0 Å². The van der Waals surface area contributed by atoms with Crippen molar-refractivity contribution in [3.8, 4) is 0 Å². The second-order valence-electron chi connectivity index (χ2n) is 5.25.